The van der Waals surface area contributed by atoms with Crippen molar-refractivity contribution in [2.45, 2.75) is 26.3 Å². The van der Waals surface area contributed by atoms with E-state index in [0.29, 0.717) is 5.92 Å². The van der Waals surface area contributed by atoms with E-state index in [-0.39, 0.29) is 0 Å². The summed E-state index contributed by atoms with van der Waals surface area (Å²) in [4.78, 5) is 4.72. The number of para-hydroxylation sites is 1. The number of aromatic nitrogens is 1. The van der Waals surface area contributed by atoms with Gasteiger partial charge in [-0.3, -0.25) is 4.98 Å². The van der Waals surface area contributed by atoms with Gasteiger partial charge in [0, 0.05) is 11.9 Å². The van der Waals surface area contributed by atoms with Gasteiger partial charge in [-0.15, -0.1) is 0 Å². The van der Waals surface area contributed by atoms with Gasteiger partial charge in [0.25, 0.3) is 0 Å². The molecule has 84 valence electrons. The third-order valence-electron chi connectivity index (χ3n) is 2.79. The Bertz CT molecular complexity index is 489. The lowest BCUT2D eigenvalue weighted by atomic mass is 9.99. The van der Waals surface area contributed by atoms with Crippen LogP contribution < -0.4 is 5.32 Å². The van der Waals surface area contributed by atoms with Crippen molar-refractivity contribution in [1.29, 1.82) is 0 Å². The lowest BCUT2D eigenvalue weighted by molar-refractivity contribution is 0.793. The van der Waals surface area contributed by atoms with Gasteiger partial charge in [-0.2, -0.15) is 0 Å². The summed E-state index contributed by atoms with van der Waals surface area (Å²) in [5.41, 5.74) is 3.57. The molecule has 0 aliphatic rings. The van der Waals surface area contributed by atoms with Crippen LogP contribution >= 0.6 is 0 Å². The fraction of sp³-hybridized carbons (Fsp3) is 0.357. The normalized spacial score (nSPS) is 11.2. The van der Waals surface area contributed by atoms with Gasteiger partial charge in [0.05, 0.1) is 11.2 Å². The molecule has 2 rings (SSSR count). The van der Waals surface area contributed by atoms with E-state index in [1.54, 1.807) is 0 Å². The van der Waals surface area contributed by atoms with Crippen LogP contribution in [0.4, 0.5) is 0 Å². The summed E-state index contributed by atoms with van der Waals surface area (Å²) in [6.07, 6.45) is 0. The van der Waals surface area contributed by atoms with E-state index in [0.717, 1.165) is 17.8 Å². The Balaban J connectivity index is 2.59. The molecule has 0 aliphatic carbocycles. The molecule has 1 N–H and O–H groups in total. The first-order valence-corrected chi connectivity index (χ1v) is 5.75. The van der Waals surface area contributed by atoms with Gasteiger partial charge >= 0.3 is 0 Å². The molecule has 2 aromatic rings. The minimum absolute atomic E-state index is 0.515. The zero-order chi connectivity index (χ0) is 11.5. The molecule has 0 unspecified atom stereocenters. The van der Waals surface area contributed by atoms with Gasteiger partial charge in [0.2, 0.25) is 0 Å². The van der Waals surface area contributed by atoms with Crippen LogP contribution in [-0.4, -0.2) is 12.0 Å². The molecule has 1 heterocycles. The van der Waals surface area contributed by atoms with Gasteiger partial charge in [0.1, 0.15) is 0 Å². The predicted octanol–water partition coefficient (Wildman–Crippen LogP) is 3.08. The number of rotatable bonds is 3. The maximum Gasteiger partial charge on any atom is 0.0740 e. The lowest BCUT2D eigenvalue weighted by Crippen LogP contribution is -2.07. The summed E-state index contributed by atoms with van der Waals surface area (Å²) in [6, 6.07) is 10.6. The molecule has 0 bridgehead atoms. The van der Waals surface area contributed by atoms with Crippen LogP contribution in [0.25, 0.3) is 10.9 Å². The Morgan fingerprint density at radius 1 is 1.19 bits per heavy atom. The number of hydrogen-bond acceptors (Lipinski definition) is 2. The molecule has 0 saturated heterocycles. The van der Waals surface area contributed by atoms with Gasteiger partial charge in [0.15, 0.2) is 0 Å². The topological polar surface area (TPSA) is 24.9 Å². The Morgan fingerprint density at radius 3 is 2.69 bits per heavy atom. The summed E-state index contributed by atoms with van der Waals surface area (Å²) >= 11 is 0. The molecule has 0 amide bonds. The molecule has 2 nitrogen and oxygen atoms in total. The van der Waals surface area contributed by atoms with Gasteiger partial charge < -0.3 is 5.32 Å². The molecule has 0 atom stereocenters. The summed E-state index contributed by atoms with van der Waals surface area (Å²) in [6.45, 7) is 5.24. The van der Waals surface area contributed by atoms with Crippen molar-refractivity contribution in [2.75, 3.05) is 7.05 Å². The fourth-order valence-corrected chi connectivity index (χ4v) is 1.96. The van der Waals surface area contributed by atoms with E-state index < -0.39 is 0 Å². The molecular formula is C14H18N2. The van der Waals surface area contributed by atoms with Crippen molar-refractivity contribution in [3.8, 4) is 0 Å². The molecule has 0 radical (unpaired) electrons. The van der Waals surface area contributed by atoms with Gasteiger partial charge in [-0.25, -0.2) is 0 Å². The van der Waals surface area contributed by atoms with Crippen molar-refractivity contribution in [3.63, 3.8) is 0 Å². The monoisotopic (exact) mass is 214 g/mol. The molecule has 0 fully saturated rings. The van der Waals surface area contributed by atoms with Crippen LogP contribution in [0.5, 0.6) is 0 Å². The van der Waals surface area contributed by atoms with Crippen molar-refractivity contribution < 1.29 is 0 Å². The van der Waals surface area contributed by atoms with Gasteiger partial charge in [-0.1, -0.05) is 38.1 Å². The number of hydrogen-bond donors (Lipinski definition) is 1. The summed E-state index contributed by atoms with van der Waals surface area (Å²) < 4.78 is 0. The van der Waals surface area contributed by atoms with E-state index in [2.05, 4.69) is 49.5 Å². The second kappa shape index (κ2) is 4.62. The largest absolute Gasteiger partial charge is 0.314 e. The second-order valence-electron chi connectivity index (χ2n) is 4.41. The van der Waals surface area contributed by atoms with Crippen LogP contribution in [0, 0.1) is 0 Å². The summed E-state index contributed by atoms with van der Waals surface area (Å²) in [5, 5.41) is 4.36. The highest BCUT2D eigenvalue weighted by Gasteiger charge is 2.06. The minimum atomic E-state index is 0.515. The number of nitrogens with zero attached hydrogens (tertiary/aromatic N) is 1. The van der Waals surface area contributed by atoms with E-state index in [1.165, 1.54) is 10.9 Å². The number of pyridine rings is 1. The number of fused-ring (bicyclic) bond motifs is 1. The Morgan fingerprint density at radius 2 is 2.00 bits per heavy atom. The maximum atomic E-state index is 4.72. The predicted molar refractivity (Wildman–Crippen MR) is 68.6 cm³/mol. The van der Waals surface area contributed by atoms with Crippen LogP contribution in [0.2, 0.25) is 0 Å². The smallest absolute Gasteiger partial charge is 0.0740 e. The maximum absolute atomic E-state index is 4.72. The van der Waals surface area contributed by atoms with Crippen molar-refractivity contribution in [2.24, 2.45) is 0 Å². The van der Waals surface area contributed by atoms with Crippen LogP contribution in [0.15, 0.2) is 30.3 Å². The zero-order valence-corrected chi connectivity index (χ0v) is 10.1. The standard InChI is InChI=1S/C14H18N2/c1-10(2)13-6-4-5-11-7-8-12(9-15-3)16-14(11)13/h4-8,10,15H,9H2,1-3H3. The fourth-order valence-electron chi connectivity index (χ4n) is 1.96. The first kappa shape index (κ1) is 11.1. The average Bonchev–Trinajstić information content (AvgIpc) is 2.28. The Labute approximate surface area is 96.7 Å². The first-order chi connectivity index (χ1) is 7.72. The van der Waals surface area contributed by atoms with E-state index in [1.807, 2.05) is 7.05 Å². The molecule has 0 aliphatic heterocycles. The number of nitrogens with one attached hydrogen (secondary N) is 1. The van der Waals surface area contributed by atoms with Crippen LogP contribution in [0.1, 0.15) is 31.0 Å². The van der Waals surface area contributed by atoms with Crippen LogP contribution in [0.3, 0.4) is 0 Å². The van der Waals surface area contributed by atoms with E-state index >= 15 is 0 Å². The third kappa shape index (κ3) is 2.07. The molecule has 0 saturated carbocycles. The molecule has 0 spiro atoms. The summed E-state index contributed by atoms with van der Waals surface area (Å²) in [7, 11) is 1.94. The number of benzene rings is 1. The highest BCUT2D eigenvalue weighted by atomic mass is 14.8. The lowest BCUT2D eigenvalue weighted by Gasteiger charge is -2.10. The molecular weight excluding hydrogens is 196 g/mol. The van der Waals surface area contributed by atoms with Crippen molar-refractivity contribution in [1.82, 2.24) is 10.3 Å². The molecule has 1 aromatic heterocycles. The van der Waals surface area contributed by atoms with E-state index in [4.69, 9.17) is 4.98 Å². The molecule has 1 aromatic carbocycles. The highest BCUT2D eigenvalue weighted by molar-refractivity contribution is 5.82. The van der Waals surface area contributed by atoms with E-state index in [9.17, 15) is 0 Å². The second-order valence-corrected chi connectivity index (χ2v) is 4.41. The SMILES string of the molecule is CNCc1ccc2cccc(C(C)C)c2n1. The van der Waals surface area contributed by atoms with Crippen molar-refractivity contribution in [3.05, 3.63) is 41.6 Å². The third-order valence-corrected chi connectivity index (χ3v) is 2.79. The average molecular weight is 214 g/mol. The molecule has 16 heavy (non-hydrogen) atoms. The molecule has 2 heteroatoms. The van der Waals surface area contributed by atoms with Gasteiger partial charge in [-0.05, 0) is 24.6 Å². The Kier molecular flexibility index (Phi) is 3.20. The zero-order valence-electron chi connectivity index (χ0n) is 10.1. The van der Waals surface area contributed by atoms with Crippen molar-refractivity contribution >= 4 is 10.9 Å². The highest BCUT2D eigenvalue weighted by Crippen LogP contribution is 2.23. The van der Waals surface area contributed by atoms with Crippen LogP contribution in [-0.2, 0) is 6.54 Å². The Hall–Kier alpha value is -1.41. The minimum Gasteiger partial charge on any atom is -0.314 e. The quantitative estimate of drug-likeness (QED) is 0.849. The summed E-state index contributed by atoms with van der Waals surface area (Å²) in [5.74, 6) is 0.515. The first-order valence-electron chi connectivity index (χ1n) is 5.75.